The van der Waals surface area contributed by atoms with Gasteiger partial charge in [0.05, 0.1) is 16.8 Å². The quantitative estimate of drug-likeness (QED) is 0.389. The van der Waals surface area contributed by atoms with E-state index in [-0.39, 0.29) is 17.2 Å². The van der Waals surface area contributed by atoms with Crippen LogP contribution in [0.5, 0.6) is 0 Å². The van der Waals surface area contributed by atoms with Crippen LogP contribution in [0.15, 0.2) is 52.4 Å². The lowest BCUT2D eigenvalue weighted by Crippen LogP contribution is -2.37. The standard InChI is InChI=1S/C21H23F3N6O/c22-21(23,24)14-5-4-6-15(11-14)27-13-28-20(26)29-19(31)17-12-16(7-8-18(17)25)30-9-2-1-3-10-30/h4-8,11-13H,1-3,9-10,25H2,(H3,26,27,28,29,31). The summed E-state index contributed by atoms with van der Waals surface area (Å²) in [5.74, 6) is -0.798. The number of piperidine rings is 1. The Morgan fingerprint density at radius 2 is 1.84 bits per heavy atom. The zero-order valence-corrected chi connectivity index (χ0v) is 16.7. The second kappa shape index (κ2) is 9.50. The maximum Gasteiger partial charge on any atom is 0.416 e. The van der Waals surface area contributed by atoms with Gasteiger partial charge in [0.2, 0.25) is 5.96 Å². The van der Waals surface area contributed by atoms with E-state index in [1.54, 1.807) is 12.1 Å². The Labute approximate surface area is 177 Å². The minimum Gasteiger partial charge on any atom is -0.398 e. The zero-order chi connectivity index (χ0) is 22.4. The molecule has 1 heterocycles. The van der Waals surface area contributed by atoms with Crippen LogP contribution in [-0.2, 0) is 6.18 Å². The molecule has 0 spiro atoms. The van der Waals surface area contributed by atoms with Crippen molar-refractivity contribution in [3.63, 3.8) is 0 Å². The number of rotatable bonds is 4. The van der Waals surface area contributed by atoms with Crippen LogP contribution in [0.1, 0.15) is 35.2 Å². The maximum atomic E-state index is 12.7. The Bertz CT molecular complexity index is 997. The normalized spacial score (nSPS) is 15.3. The molecule has 0 saturated carbocycles. The van der Waals surface area contributed by atoms with Crippen molar-refractivity contribution in [2.75, 3.05) is 23.7 Å². The van der Waals surface area contributed by atoms with Gasteiger partial charge in [-0.1, -0.05) is 6.07 Å². The number of carbonyl (C=O) groups excluding carboxylic acids is 1. The minimum atomic E-state index is -4.47. The van der Waals surface area contributed by atoms with E-state index >= 15 is 0 Å². The molecule has 3 rings (SSSR count). The van der Waals surface area contributed by atoms with Crippen molar-refractivity contribution in [1.82, 2.24) is 5.32 Å². The number of aliphatic imine (C=N–C) groups is 2. The molecular formula is C21H23F3N6O. The monoisotopic (exact) mass is 432 g/mol. The van der Waals surface area contributed by atoms with Gasteiger partial charge >= 0.3 is 6.18 Å². The lowest BCUT2D eigenvalue weighted by molar-refractivity contribution is -0.137. The van der Waals surface area contributed by atoms with Gasteiger partial charge in [-0.15, -0.1) is 0 Å². The number of nitrogens with zero attached hydrogens (tertiary/aromatic N) is 3. The predicted molar refractivity (Wildman–Crippen MR) is 116 cm³/mol. The molecule has 5 N–H and O–H groups in total. The van der Waals surface area contributed by atoms with E-state index in [1.165, 1.54) is 18.6 Å². The van der Waals surface area contributed by atoms with E-state index in [9.17, 15) is 18.0 Å². The smallest absolute Gasteiger partial charge is 0.398 e. The van der Waals surface area contributed by atoms with Gasteiger partial charge in [-0.3, -0.25) is 10.1 Å². The highest BCUT2D eigenvalue weighted by molar-refractivity contribution is 6.09. The largest absolute Gasteiger partial charge is 0.416 e. The molecule has 1 saturated heterocycles. The van der Waals surface area contributed by atoms with Gasteiger partial charge in [-0.05, 0) is 55.7 Å². The van der Waals surface area contributed by atoms with Gasteiger partial charge in [-0.25, -0.2) is 9.98 Å². The first-order chi connectivity index (χ1) is 14.7. The average molecular weight is 432 g/mol. The average Bonchev–Trinajstić information content (AvgIpc) is 2.74. The third kappa shape index (κ3) is 5.97. The van der Waals surface area contributed by atoms with Crippen LogP contribution in [0, 0.1) is 0 Å². The van der Waals surface area contributed by atoms with Crippen molar-refractivity contribution in [3.8, 4) is 0 Å². The Hall–Kier alpha value is -3.56. The summed E-state index contributed by atoms with van der Waals surface area (Å²) >= 11 is 0. The molecule has 31 heavy (non-hydrogen) atoms. The van der Waals surface area contributed by atoms with Crippen LogP contribution in [0.2, 0.25) is 0 Å². The number of nitrogen functional groups attached to an aromatic ring is 1. The number of guanidine groups is 1. The van der Waals surface area contributed by atoms with E-state index in [2.05, 4.69) is 20.2 Å². The molecule has 2 aromatic rings. The number of halogens is 3. The summed E-state index contributed by atoms with van der Waals surface area (Å²) in [6, 6.07) is 9.70. The summed E-state index contributed by atoms with van der Waals surface area (Å²) in [5.41, 5.74) is 12.3. The topological polar surface area (TPSA) is 109 Å². The highest BCUT2D eigenvalue weighted by atomic mass is 19.4. The van der Waals surface area contributed by atoms with Crippen molar-refractivity contribution >= 4 is 35.3 Å². The highest BCUT2D eigenvalue weighted by Crippen LogP contribution is 2.31. The first-order valence-corrected chi connectivity index (χ1v) is 9.73. The fourth-order valence-electron chi connectivity index (χ4n) is 3.23. The number of nitrogens with two attached hydrogens (primary N) is 2. The molecule has 1 aliphatic rings. The number of carbonyl (C=O) groups is 1. The van der Waals surface area contributed by atoms with Crippen LogP contribution >= 0.6 is 0 Å². The third-order valence-corrected chi connectivity index (χ3v) is 4.82. The fourth-order valence-corrected chi connectivity index (χ4v) is 3.23. The molecule has 0 atom stereocenters. The first kappa shape index (κ1) is 22.1. The molecule has 1 aliphatic heterocycles. The van der Waals surface area contributed by atoms with Gasteiger partial charge in [0.25, 0.3) is 5.91 Å². The Kier molecular flexibility index (Phi) is 6.78. The summed E-state index contributed by atoms with van der Waals surface area (Å²) in [7, 11) is 0. The van der Waals surface area contributed by atoms with Gasteiger partial charge < -0.3 is 16.4 Å². The summed E-state index contributed by atoms with van der Waals surface area (Å²) in [6.07, 6.45) is -0.121. The van der Waals surface area contributed by atoms with Crippen molar-refractivity contribution in [2.45, 2.75) is 25.4 Å². The molecular weight excluding hydrogens is 409 g/mol. The number of hydrogen-bond donors (Lipinski definition) is 3. The van der Waals surface area contributed by atoms with E-state index in [0.717, 1.165) is 50.1 Å². The first-order valence-electron chi connectivity index (χ1n) is 9.73. The summed E-state index contributed by atoms with van der Waals surface area (Å²) < 4.78 is 38.2. The lowest BCUT2D eigenvalue weighted by Gasteiger charge is -2.29. The molecule has 2 aromatic carbocycles. The van der Waals surface area contributed by atoms with Gasteiger partial charge in [0.15, 0.2) is 0 Å². The number of alkyl halides is 3. The minimum absolute atomic E-state index is 0.0520. The number of nitrogens with one attached hydrogen (secondary N) is 1. The molecule has 0 radical (unpaired) electrons. The van der Waals surface area contributed by atoms with Crippen molar-refractivity contribution in [1.29, 1.82) is 0 Å². The van der Waals surface area contributed by atoms with E-state index < -0.39 is 17.6 Å². The number of amides is 1. The molecule has 0 aliphatic carbocycles. The van der Waals surface area contributed by atoms with Crippen LogP contribution in [-0.4, -0.2) is 31.3 Å². The lowest BCUT2D eigenvalue weighted by atomic mass is 10.1. The molecule has 7 nitrogen and oxygen atoms in total. The number of benzene rings is 2. The van der Waals surface area contributed by atoms with Crippen LogP contribution in [0.3, 0.4) is 0 Å². The second-order valence-corrected chi connectivity index (χ2v) is 7.08. The summed E-state index contributed by atoms with van der Waals surface area (Å²) in [4.78, 5) is 22.3. The van der Waals surface area contributed by atoms with Gasteiger partial charge in [0, 0.05) is 24.5 Å². The summed E-state index contributed by atoms with van der Waals surface area (Å²) in [6.45, 7) is 1.83. The van der Waals surface area contributed by atoms with Gasteiger partial charge in [0.1, 0.15) is 6.34 Å². The van der Waals surface area contributed by atoms with Gasteiger partial charge in [-0.2, -0.15) is 13.2 Å². The van der Waals surface area contributed by atoms with Crippen LogP contribution in [0.4, 0.5) is 30.2 Å². The predicted octanol–water partition coefficient (Wildman–Crippen LogP) is 3.68. The third-order valence-electron chi connectivity index (χ3n) is 4.82. The molecule has 0 bridgehead atoms. The Morgan fingerprint density at radius 3 is 2.55 bits per heavy atom. The number of hydrogen-bond acceptors (Lipinski definition) is 4. The Balaban J connectivity index is 1.67. The maximum absolute atomic E-state index is 12.7. The molecule has 10 heteroatoms. The SMILES string of the molecule is NC(=NC=Nc1cccc(C(F)(F)F)c1)NC(=O)c1cc(N2CCCCC2)ccc1N. The second-order valence-electron chi connectivity index (χ2n) is 7.08. The van der Waals surface area contributed by atoms with E-state index in [1.807, 2.05) is 6.07 Å². The zero-order valence-electron chi connectivity index (χ0n) is 16.7. The van der Waals surface area contributed by atoms with Crippen molar-refractivity contribution < 1.29 is 18.0 Å². The van der Waals surface area contributed by atoms with Crippen LogP contribution in [0.25, 0.3) is 0 Å². The van der Waals surface area contributed by atoms with E-state index in [0.29, 0.717) is 5.69 Å². The van der Waals surface area contributed by atoms with Crippen molar-refractivity contribution in [3.05, 3.63) is 53.6 Å². The Morgan fingerprint density at radius 1 is 1.10 bits per heavy atom. The highest BCUT2D eigenvalue weighted by Gasteiger charge is 2.30. The summed E-state index contributed by atoms with van der Waals surface area (Å²) in [5, 5.41) is 2.41. The molecule has 0 unspecified atom stereocenters. The molecule has 1 fully saturated rings. The molecule has 164 valence electrons. The fraction of sp³-hybridized carbons (Fsp3) is 0.286. The van der Waals surface area contributed by atoms with Crippen molar-refractivity contribution in [2.24, 2.45) is 15.7 Å². The molecule has 1 amide bonds. The molecule has 0 aromatic heterocycles. The van der Waals surface area contributed by atoms with Crippen LogP contribution < -0.4 is 21.7 Å². The number of anilines is 2. The van der Waals surface area contributed by atoms with E-state index in [4.69, 9.17) is 11.5 Å².